The molecule has 3 amide bonds. The summed E-state index contributed by atoms with van der Waals surface area (Å²) in [7, 11) is 0. The minimum Gasteiger partial charge on any atom is -0.508 e. The normalized spacial score (nSPS) is 14.6. The molecule has 0 aliphatic carbocycles. The van der Waals surface area contributed by atoms with Crippen molar-refractivity contribution in [1.29, 1.82) is 0 Å². The number of nitrogens with two attached hydrogens (primary N) is 1. The molecule has 2 aromatic carbocycles. The van der Waals surface area contributed by atoms with Gasteiger partial charge in [0.1, 0.15) is 29.9 Å². The fraction of sp³-hybridized carbons (Fsp3) is 0.321. The van der Waals surface area contributed by atoms with Crippen LogP contribution >= 0.6 is 0 Å². The number of aliphatic hydroxyl groups is 1. The monoisotopic (exact) mass is 566 g/mol. The van der Waals surface area contributed by atoms with Crippen molar-refractivity contribution in [1.82, 2.24) is 25.9 Å². The zero-order chi connectivity index (χ0) is 29.9. The van der Waals surface area contributed by atoms with Gasteiger partial charge in [-0.2, -0.15) is 0 Å². The number of carbonyl (C=O) groups is 4. The highest BCUT2D eigenvalue weighted by molar-refractivity contribution is 5.94. The minimum atomic E-state index is -1.33. The van der Waals surface area contributed by atoms with Gasteiger partial charge in [0, 0.05) is 31.2 Å². The molecule has 13 nitrogen and oxygen atoms in total. The summed E-state index contributed by atoms with van der Waals surface area (Å²) in [5.74, 6) is -3.54. The van der Waals surface area contributed by atoms with Crippen LogP contribution in [0, 0.1) is 0 Å². The SMILES string of the molecule is CC(O)C(N)C(=O)NC(Cc1ccccc1)C(=O)NC(Cc1ccc(O)cc1)C(=O)NC(Cc1cnc[nH]1)C(=O)O. The average Bonchev–Trinajstić information content (AvgIpc) is 3.46. The van der Waals surface area contributed by atoms with Gasteiger partial charge in [-0.3, -0.25) is 14.4 Å². The molecule has 1 heterocycles. The van der Waals surface area contributed by atoms with Crippen molar-refractivity contribution in [2.45, 2.75) is 56.5 Å². The summed E-state index contributed by atoms with van der Waals surface area (Å²) in [4.78, 5) is 58.1. The fourth-order valence-corrected chi connectivity index (χ4v) is 3.98. The van der Waals surface area contributed by atoms with Gasteiger partial charge in [0.25, 0.3) is 0 Å². The highest BCUT2D eigenvalue weighted by Crippen LogP contribution is 2.13. The molecule has 0 aliphatic rings. The third-order valence-electron chi connectivity index (χ3n) is 6.34. The summed E-state index contributed by atoms with van der Waals surface area (Å²) in [5, 5.41) is 36.7. The van der Waals surface area contributed by atoms with E-state index in [0.29, 0.717) is 16.8 Å². The number of hydrogen-bond donors (Lipinski definition) is 8. The molecule has 13 heteroatoms. The zero-order valence-corrected chi connectivity index (χ0v) is 22.4. The number of aromatic amines is 1. The van der Waals surface area contributed by atoms with Crippen molar-refractivity contribution in [2.75, 3.05) is 0 Å². The van der Waals surface area contributed by atoms with E-state index in [9.17, 15) is 34.5 Å². The number of imidazole rings is 1. The number of aromatic nitrogens is 2. The molecule has 3 aromatic rings. The van der Waals surface area contributed by atoms with E-state index >= 15 is 0 Å². The van der Waals surface area contributed by atoms with Crippen molar-refractivity contribution in [2.24, 2.45) is 5.73 Å². The number of aliphatic hydroxyl groups excluding tert-OH is 1. The number of phenolic OH excluding ortho intramolecular Hbond substituents is 1. The molecule has 0 spiro atoms. The van der Waals surface area contributed by atoms with E-state index in [2.05, 4.69) is 25.9 Å². The largest absolute Gasteiger partial charge is 0.508 e. The van der Waals surface area contributed by atoms with E-state index in [-0.39, 0.29) is 25.0 Å². The second-order valence-corrected chi connectivity index (χ2v) is 9.63. The summed E-state index contributed by atoms with van der Waals surface area (Å²) < 4.78 is 0. The topological polar surface area (TPSA) is 220 Å². The van der Waals surface area contributed by atoms with Crippen LogP contribution in [0.25, 0.3) is 0 Å². The Kier molecular flexibility index (Phi) is 11.0. The number of carboxylic acids is 1. The van der Waals surface area contributed by atoms with Gasteiger partial charge in [-0.1, -0.05) is 42.5 Å². The van der Waals surface area contributed by atoms with Crippen molar-refractivity contribution in [3.63, 3.8) is 0 Å². The highest BCUT2D eigenvalue weighted by Gasteiger charge is 2.31. The molecular weight excluding hydrogens is 532 g/mol. The van der Waals surface area contributed by atoms with Crippen LogP contribution in [0.1, 0.15) is 23.7 Å². The lowest BCUT2D eigenvalue weighted by Gasteiger charge is -2.26. The van der Waals surface area contributed by atoms with E-state index < -0.39 is 54.0 Å². The summed E-state index contributed by atoms with van der Waals surface area (Å²) >= 11 is 0. The Morgan fingerprint density at radius 3 is 1.88 bits per heavy atom. The number of carbonyl (C=O) groups excluding carboxylic acids is 3. The van der Waals surface area contributed by atoms with Crippen LogP contribution in [0.5, 0.6) is 5.75 Å². The van der Waals surface area contributed by atoms with Crippen LogP contribution in [0.15, 0.2) is 67.1 Å². The first-order valence-corrected chi connectivity index (χ1v) is 12.9. The predicted octanol–water partition coefficient (Wildman–Crippen LogP) is -0.610. The smallest absolute Gasteiger partial charge is 0.326 e. The summed E-state index contributed by atoms with van der Waals surface area (Å²) in [6.07, 6.45) is 1.57. The first-order chi connectivity index (χ1) is 19.5. The molecule has 0 bridgehead atoms. The number of H-pyrrole nitrogens is 1. The Hall–Kier alpha value is -4.75. The number of nitrogens with one attached hydrogen (secondary N) is 4. The van der Waals surface area contributed by atoms with Gasteiger partial charge in [-0.15, -0.1) is 0 Å². The number of aromatic hydroxyl groups is 1. The third-order valence-corrected chi connectivity index (χ3v) is 6.34. The molecule has 0 radical (unpaired) electrons. The molecule has 5 atom stereocenters. The molecule has 0 aliphatic heterocycles. The van der Waals surface area contributed by atoms with Gasteiger partial charge in [0.15, 0.2) is 0 Å². The lowest BCUT2D eigenvalue weighted by atomic mass is 10.0. The lowest BCUT2D eigenvalue weighted by Crippen LogP contribution is -2.59. The number of benzene rings is 2. The maximum absolute atomic E-state index is 13.5. The van der Waals surface area contributed by atoms with Gasteiger partial charge in [0.2, 0.25) is 17.7 Å². The Labute approximate surface area is 236 Å². The first kappa shape index (κ1) is 30.8. The van der Waals surface area contributed by atoms with E-state index in [1.807, 2.05) is 0 Å². The molecule has 41 heavy (non-hydrogen) atoms. The number of aliphatic carboxylic acids is 1. The number of hydrogen-bond acceptors (Lipinski definition) is 8. The predicted molar refractivity (Wildman–Crippen MR) is 147 cm³/mol. The molecule has 1 aromatic heterocycles. The van der Waals surface area contributed by atoms with Crippen LogP contribution in [0.3, 0.4) is 0 Å². The third kappa shape index (κ3) is 9.44. The number of nitrogens with zero attached hydrogens (tertiary/aromatic N) is 1. The molecule has 0 saturated carbocycles. The van der Waals surface area contributed by atoms with E-state index in [4.69, 9.17) is 5.73 Å². The summed E-state index contributed by atoms with van der Waals surface area (Å²) in [6, 6.07) is 9.74. The molecule has 5 unspecified atom stereocenters. The van der Waals surface area contributed by atoms with Crippen LogP contribution in [0.2, 0.25) is 0 Å². The standard InChI is InChI=1S/C28H34N6O7/c1-16(35)24(29)27(39)33-22(11-17-5-3-2-4-6-17)25(37)32-21(12-18-7-9-20(36)10-8-18)26(38)34-23(28(40)41)13-19-14-30-15-31-19/h2-10,14-16,21-24,35-36H,11-13,29H2,1H3,(H,30,31)(H,32,37)(H,33,39)(H,34,38)(H,40,41). The average molecular weight is 567 g/mol. The van der Waals surface area contributed by atoms with E-state index in [0.717, 1.165) is 0 Å². The van der Waals surface area contributed by atoms with Crippen LogP contribution in [-0.4, -0.2) is 79.2 Å². The number of phenols is 1. The van der Waals surface area contributed by atoms with Gasteiger partial charge in [-0.05, 0) is 30.2 Å². The Morgan fingerprint density at radius 1 is 0.829 bits per heavy atom. The highest BCUT2D eigenvalue weighted by atomic mass is 16.4. The summed E-state index contributed by atoms with van der Waals surface area (Å²) in [6.45, 7) is 1.34. The Bertz CT molecular complexity index is 1300. The van der Waals surface area contributed by atoms with Crippen LogP contribution in [-0.2, 0) is 38.4 Å². The van der Waals surface area contributed by atoms with Crippen molar-refractivity contribution < 1.29 is 34.5 Å². The Morgan fingerprint density at radius 2 is 1.37 bits per heavy atom. The van der Waals surface area contributed by atoms with Crippen molar-refractivity contribution >= 4 is 23.7 Å². The maximum Gasteiger partial charge on any atom is 0.326 e. The molecule has 0 fully saturated rings. The zero-order valence-electron chi connectivity index (χ0n) is 22.4. The molecule has 218 valence electrons. The number of rotatable bonds is 14. The van der Waals surface area contributed by atoms with Gasteiger partial charge < -0.3 is 42.0 Å². The fourth-order valence-electron chi connectivity index (χ4n) is 3.98. The summed E-state index contributed by atoms with van der Waals surface area (Å²) in [5.41, 5.74) is 7.53. The Balaban J connectivity index is 1.85. The molecule has 0 saturated heterocycles. The molecular formula is C28H34N6O7. The maximum atomic E-state index is 13.5. The van der Waals surface area contributed by atoms with Crippen molar-refractivity contribution in [3.8, 4) is 5.75 Å². The first-order valence-electron chi connectivity index (χ1n) is 12.9. The van der Waals surface area contributed by atoms with Gasteiger partial charge in [-0.25, -0.2) is 9.78 Å². The lowest BCUT2D eigenvalue weighted by molar-refractivity contribution is -0.142. The second kappa shape index (κ2) is 14.6. The number of amides is 3. The van der Waals surface area contributed by atoms with Gasteiger partial charge in [0.05, 0.1) is 12.4 Å². The second-order valence-electron chi connectivity index (χ2n) is 9.63. The minimum absolute atomic E-state index is 0.00405. The van der Waals surface area contributed by atoms with Crippen LogP contribution in [0.4, 0.5) is 0 Å². The van der Waals surface area contributed by atoms with E-state index in [1.54, 1.807) is 42.5 Å². The molecule has 9 N–H and O–H groups in total. The van der Waals surface area contributed by atoms with E-state index in [1.165, 1.54) is 31.6 Å². The number of carboxylic acid groups (broad SMARTS) is 1. The quantitative estimate of drug-likeness (QED) is 0.125. The van der Waals surface area contributed by atoms with Gasteiger partial charge >= 0.3 is 5.97 Å². The van der Waals surface area contributed by atoms with Crippen molar-refractivity contribution in [3.05, 3.63) is 83.9 Å². The van der Waals surface area contributed by atoms with Crippen LogP contribution < -0.4 is 21.7 Å². The molecule has 3 rings (SSSR count).